The zero-order valence-electron chi connectivity index (χ0n) is 9.94. The Balaban J connectivity index is 2.47. The molecule has 3 nitrogen and oxygen atoms in total. The number of carboxylic acid groups (broad SMARTS) is 1. The number of rotatable bonds is 4. The van der Waals surface area contributed by atoms with Crippen molar-refractivity contribution < 1.29 is 14.6 Å². The van der Waals surface area contributed by atoms with Crippen molar-refractivity contribution in [1.29, 1.82) is 0 Å². The van der Waals surface area contributed by atoms with Crippen molar-refractivity contribution in [2.24, 2.45) is 0 Å². The normalized spacial score (nSPS) is 10.8. The first-order valence-corrected chi connectivity index (χ1v) is 5.90. The van der Waals surface area contributed by atoms with Crippen molar-refractivity contribution in [3.63, 3.8) is 0 Å². The zero-order valence-corrected chi connectivity index (χ0v) is 10.7. The van der Waals surface area contributed by atoms with E-state index in [4.69, 9.17) is 21.4 Å². The number of methoxy groups -OCH3 is 1. The summed E-state index contributed by atoms with van der Waals surface area (Å²) in [6.45, 7) is 0.464. The number of halogens is 1. The largest absolute Gasteiger partial charge is 0.481 e. The highest BCUT2D eigenvalue weighted by molar-refractivity contribution is 6.36. The van der Waals surface area contributed by atoms with Gasteiger partial charge in [0.1, 0.15) is 0 Å². The Morgan fingerprint density at radius 3 is 2.78 bits per heavy atom. The Hall–Kier alpha value is -1.58. The third kappa shape index (κ3) is 2.63. The minimum Gasteiger partial charge on any atom is -0.481 e. The highest BCUT2D eigenvalue weighted by atomic mass is 35.5. The molecule has 0 fully saturated rings. The molecular weight excluding hydrogens is 252 g/mol. The predicted octanol–water partition coefficient (Wildman–Crippen LogP) is 3.27. The van der Waals surface area contributed by atoms with Gasteiger partial charge in [-0.2, -0.15) is 0 Å². The molecule has 0 saturated heterocycles. The lowest BCUT2D eigenvalue weighted by Crippen LogP contribution is -1.99. The number of benzene rings is 2. The molecule has 0 atom stereocenters. The van der Waals surface area contributed by atoms with Gasteiger partial charge in [-0.15, -0.1) is 0 Å². The Bertz CT molecular complexity index is 593. The molecule has 0 bridgehead atoms. The highest BCUT2D eigenvalue weighted by Crippen LogP contribution is 2.28. The van der Waals surface area contributed by atoms with Gasteiger partial charge in [0.2, 0.25) is 0 Å². The van der Waals surface area contributed by atoms with Crippen molar-refractivity contribution in [2.45, 2.75) is 13.0 Å². The topological polar surface area (TPSA) is 46.5 Å². The standard InChI is InChI=1S/C14H13ClO3/c1-18-8-11-4-3-10-6-9(7-13(16)17)2-5-12(10)14(11)15/h2-6H,7-8H2,1H3,(H,16,17). The van der Waals surface area contributed by atoms with Gasteiger partial charge in [0.25, 0.3) is 0 Å². The summed E-state index contributed by atoms with van der Waals surface area (Å²) in [5.74, 6) is -0.837. The fraction of sp³-hybridized carbons (Fsp3) is 0.214. The average molecular weight is 265 g/mol. The molecule has 0 spiro atoms. The minimum atomic E-state index is -0.837. The lowest BCUT2D eigenvalue weighted by Gasteiger charge is -2.08. The first kappa shape index (κ1) is 12.9. The molecule has 1 N–H and O–H groups in total. The summed E-state index contributed by atoms with van der Waals surface area (Å²) in [5.41, 5.74) is 1.70. The molecule has 0 aromatic heterocycles. The third-order valence-electron chi connectivity index (χ3n) is 2.75. The van der Waals surface area contributed by atoms with Crippen LogP contribution in [0.25, 0.3) is 10.8 Å². The number of hydrogen-bond acceptors (Lipinski definition) is 2. The molecule has 0 unspecified atom stereocenters. The average Bonchev–Trinajstić information content (AvgIpc) is 2.32. The molecule has 18 heavy (non-hydrogen) atoms. The second-order valence-electron chi connectivity index (χ2n) is 4.10. The van der Waals surface area contributed by atoms with Crippen molar-refractivity contribution in [2.75, 3.05) is 7.11 Å². The molecule has 0 saturated carbocycles. The number of carboxylic acids is 1. The smallest absolute Gasteiger partial charge is 0.307 e. The Labute approximate surface area is 110 Å². The van der Waals surface area contributed by atoms with Crippen LogP contribution in [-0.4, -0.2) is 18.2 Å². The molecule has 0 amide bonds. The minimum absolute atomic E-state index is 0.0212. The number of ether oxygens (including phenoxy) is 1. The first-order valence-electron chi connectivity index (χ1n) is 5.52. The van der Waals surface area contributed by atoms with Crippen molar-refractivity contribution >= 4 is 28.3 Å². The van der Waals surface area contributed by atoms with Crippen molar-refractivity contribution in [3.05, 3.63) is 46.5 Å². The van der Waals surface area contributed by atoms with E-state index in [-0.39, 0.29) is 6.42 Å². The van der Waals surface area contributed by atoms with Gasteiger partial charge in [-0.25, -0.2) is 0 Å². The summed E-state index contributed by atoms with van der Waals surface area (Å²) in [6.07, 6.45) is 0.0212. The van der Waals surface area contributed by atoms with Crippen molar-refractivity contribution in [1.82, 2.24) is 0 Å². The first-order chi connectivity index (χ1) is 8.61. The van der Waals surface area contributed by atoms with Crippen LogP contribution in [0.1, 0.15) is 11.1 Å². The van der Waals surface area contributed by atoms with Crippen LogP contribution < -0.4 is 0 Å². The molecule has 94 valence electrons. The number of aliphatic carboxylic acids is 1. The van der Waals surface area contributed by atoms with Crippen LogP contribution in [0.4, 0.5) is 0 Å². The quantitative estimate of drug-likeness (QED) is 0.922. The Morgan fingerprint density at radius 1 is 1.33 bits per heavy atom. The van der Waals surface area contributed by atoms with Gasteiger partial charge in [0.15, 0.2) is 0 Å². The summed E-state index contributed by atoms with van der Waals surface area (Å²) in [6, 6.07) is 9.33. The van der Waals surface area contributed by atoms with Gasteiger partial charge in [-0.05, 0) is 16.5 Å². The highest BCUT2D eigenvalue weighted by Gasteiger charge is 2.07. The lowest BCUT2D eigenvalue weighted by molar-refractivity contribution is -0.136. The third-order valence-corrected chi connectivity index (χ3v) is 3.20. The number of hydrogen-bond donors (Lipinski definition) is 1. The predicted molar refractivity (Wildman–Crippen MR) is 71.0 cm³/mol. The van der Waals surface area contributed by atoms with Crippen LogP contribution in [0.2, 0.25) is 5.02 Å². The van der Waals surface area contributed by atoms with Crippen LogP contribution in [0.5, 0.6) is 0 Å². The van der Waals surface area contributed by atoms with Gasteiger partial charge in [-0.3, -0.25) is 4.79 Å². The van der Waals surface area contributed by atoms with E-state index in [1.165, 1.54) is 0 Å². The Kier molecular flexibility index (Phi) is 3.84. The molecule has 2 rings (SSSR count). The molecular formula is C14H13ClO3. The maximum absolute atomic E-state index is 10.7. The van der Waals surface area contributed by atoms with Crippen molar-refractivity contribution in [3.8, 4) is 0 Å². The molecule has 2 aromatic carbocycles. The summed E-state index contributed by atoms with van der Waals surface area (Å²) >= 11 is 6.28. The monoisotopic (exact) mass is 264 g/mol. The molecule has 0 aliphatic rings. The fourth-order valence-corrected chi connectivity index (χ4v) is 2.23. The van der Waals surface area contributed by atoms with E-state index in [0.717, 1.165) is 21.9 Å². The maximum Gasteiger partial charge on any atom is 0.307 e. The van der Waals surface area contributed by atoms with Gasteiger partial charge in [-0.1, -0.05) is 41.9 Å². The fourth-order valence-electron chi connectivity index (χ4n) is 1.94. The summed E-state index contributed by atoms with van der Waals surface area (Å²) in [7, 11) is 1.62. The van der Waals surface area contributed by atoms with E-state index < -0.39 is 5.97 Å². The van der Waals surface area contributed by atoms with E-state index in [2.05, 4.69) is 0 Å². The molecule has 0 radical (unpaired) electrons. The molecule has 0 heterocycles. The second kappa shape index (κ2) is 5.38. The summed E-state index contributed by atoms with van der Waals surface area (Å²) in [4.78, 5) is 10.7. The van der Waals surface area contributed by atoms with E-state index in [0.29, 0.717) is 11.6 Å². The SMILES string of the molecule is COCc1ccc2cc(CC(=O)O)ccc2c1Cl. The molecule has 2 aromatic rings. The van der Waals surface area contributed by atoms with Crippen LogP contribution >= 0.6 is 11.6 Å². The molecule has 0 aliphatic carbocycles. The van der Waals surface area contributed by atoms with E-state index in [9.17, 15) is 4.79 Å². The second-order valence-corrected chi connectivity index (χ2v) is 4.48. The van der Waals surface area contributed by atoms with E-state index in [1.54, 1.807) is 13.2 Å². The van der Waals surface area contributed by atoms with E-state index in [1.807, 2.05) is 24.3 Å². The van der Waals surface area contributed by atoms with Gasteiger partial charge >= 0.3 is 5.97 Å². The molecule has 4 heteroatoms. The van der Waals surface area contributed by atoms with E-state index >= 15 is 0 Å². The summed E-state index contributed by atoms with van der Waals surface area (Å²) < 4.78 is 5.07. The molecule has 0 aliphatic heterocycles. The number of carbonyl (C=O) groups is 1. The maximum atomic E-state index is 10.7. The van der Waals surface area contributed by atoms with Gasteiger partial charge in [0.05, 0.1) is 18.1 Å². The lowest BCUT2D eigenvalue weighted by atomic mass is 10.0. The number of fused-ring (bicyclic) bond motifs is 1. The van der Waals surface area contributed by atoms with Crippen LogP contribution in [0.3, 0.4) is 0 Å². The zero-order chi connectivity index (χ0) is 13.1. The van der Waals surface area contributed by atoms with Crippen LogP contribution in [0, 0.1) is 0 Å². The van der Waals surface area contributed by atoms with Gasteiger partial charge < -0.3 is 9.84 Å². The van der Waals surface area contributed by atoms with Gasteiger partial charge in [0, 0.05) is 12.5 Å². The summed E-state index contributed by atoms with van der Waals surface area (Å²) in [5, 5.41) is 11.3. The van der Waals surface area contributed by atoms with Crippen LogP contribution in [0.15, 0.2) is 30.3 Å². The Morgan fingerprint density at radius 2 is 2.11 bits per heavy atom. The van der Waals surface area contributed by atoms with Crippen LogP contribution in [-0.2, 0) is 22.6 Å².